The summed E-state index contributed by atoms with van der Waals surface area (Å²) in [7, 11) is 0. The molecule has 0 fully saturated rings. The van der Waals surface area contributed by atoms with Crippen LogP contribution in [0, 0.1) is 0 Å². The van der Waals surface area contributed by atoms with Crippen LogP contribution in [0.2, 0.25) is 0 Å². The van der Waals surface area contributed by atoms with Crippen LogP contribution in [-0.2, 0) is 0 Å². The van der Waals surface area contributed by atoms with Crippen LogP contribution in [0.15, 0.2) is 185 Å². The SMILES string of the molecule is c1ccc2oc(-c3ccc(-c4ccc(-c5ccc(-c6ccncn6)nc5-c5ccc(-c6ccc(-c7nc8ccccc8o7)cc6)cc5)cc4)cc3)nc2c1. The van der Waals surface area contributed by atoms with Crippen LogP contribution in [0.25, 0.3) is 101 Å². The van der Waals surface area contributed by atoms with Crippen molar-refractivity contribution in [1.82, 2.24) is 24.9 Å². The molecule has 254 valence electrons. The van der Waals surface area contributed by atoms with Gasteiger partial charge in [0.2, 0.25) is 11.8 Å². The first kappa shape index (κ1) is 31.2. The highest BCUT2D eigenvalue weighted by molar-refractivity contribution is 5.85. The third-order valence-corrected chi connectivity index (χ3v) is 9.61. The lowest BCUT2D eigenvalue weighted by Crippen LogP contribution is -1.94. The van der Waals surface area contributed by atoms with Crippen molar-refractivity contribution >= 4 is 22.2 Å². The molecule has 10 aromatic rings. The van der Waals surface area contributed by atoms with Crippen LogP contribution in [0.3, 0.4) is 0 Å². The third-order valence-electron chi connectivity index (χ3n) is 9.61. The number of benzene rings is 6. The van der Waals surface area contributed by atoms with E-state index in [0.717, 1.165) is 89.4 Å². The molecule has 0 saturated heterocycles. The summed E-state index contributed by atoms with van der Waals surface area (Å²) in [6.07, 6.45) is 3.29. The predicted octanol–water partition coefficient (Wildman–Crippen LogP) is 11.8. The number of nitrogens with zero attached hydrogens (tertiary/aromatic N) is 5. The van der Waals surface area contributed by atoms with E-state index in [4.69, 9.17) is 13.8 Å². The fourth-order valence-electron chi connectivity index (χ4n) is 6.76. The van der Waals surface area contributed by atoms with Crippen molar-refractivity contribution < 1.29 is 8.83 Å². The molecule has 0 N–H and O–H groups in total. The second kappa shape index (κ2) is 13.2. The summed E-state index contributed by atoms with van der Waals surface area (Å²) in [6.45, 7) is 0. The fraction of sp³-hybridized carbons (Fsp3) is 0. The van der Waals surface area contributed by atoms with Gasteiger partial charge in [-0.3, -0.25) is 0 Å². The van der Waals surface area contributed by atoms with Crippen molar-refractivity contribution in [3.8, 4) is 78.9 Å². The second-order valence-corrected chi connectivity index (χ2v) is 13.0. The van der Waals surface area contributed by atoms with Crippen molar-refractivity contribution in [3.05, 3.63) is 176 Å². The van der Waals surface area contributed by atoms with Gasteiger partial charge < -0.3 is 8.83 Å². The zero-order valence-electron chi connectivity index (χ0n) is 28.8. The first-order chi connectivity index (χ1) is 26.7. The van der Waals surface area contributed by atoms with Crippen molar-refractivity contribution in [2.24, 2.45) is 0 Å². The molecule has 0 atom stereocenters. The molecule has 0 spiro atoms. The van der Waals surface area contributed by atoms with Crippen LogP contribution >= 0.6 is 0 Å². The summed E-state index contributed by atoms with van der Waals surface area (Å²) in [6, 6.07) is 55.4. The maximum atomic E-state index is 5.98. The monoisotopic (exact) mass is 695 g/mol. The Bertz CT molecular complexity index is 2830. The number of hydrogen-bond donors (Lipinski definition) is 0. The van der Waals surface area contributed by atoms with Crippen LogP contribution in [0.4, 0.5) is 0 Å². The Kier molecular flexibility index (Phi) is 7.66. The minimum atomic E-state index is 0.614. The Labute approximate surface area is 310 Å². The lowest BCUT2D eigenvalue weighted by atomic mass is 9.95. The number of fused-ring (bicyclic) bond motifs is 2. The predicted molar refractivity (Wildman–Crippen MR) is 213 cm³/mol. The molecule has 0 radical (unpaired) electrons. The molecule has 6 aromatic carbocycles. The molecule has 0 aliphatic heterocycles. The van der Waals surface area contributed by atoms with Crippen LogP contribution < -0.4 is 0 Å². The molecule has 0 amide bonds. The van der Waals surface area contributed by atoms with E-state index in [2.05, 4.69) is 123 Å². The summed E-state index contributed by atoms with van der Waals surface area (Å²) < 4.78 is 12.0. The van der Waals surface area contributed by atoms with Crippen molar-refractivity contribution in [2.45, 2.75) is 0 Å². The molecule has 7 nitrogen and oxygen atoms in total. The van der Waals surface area contributed by atoms with Gasteiger partial charge in [0.1, 0.15) is 17.4 Å². The molecule has 4 aromatic heterocycles. The van der Waals surface area contributed by atoms with Gasteiger partial charge in [0.15, 0.2) is 11.2 Å². The minimum Gasteiger partial charge on any atom is -0.436 e. The van der Waals surface area contributed by atoms with E-state index < -0.39 is 0 Å². The fourth-order valence-corrected chi connectivity index (χ4v) is 6.76. The summed E-state index contributed by atoms with van der Waals surface area (Å²) >= 11 is 0. The summed E-state index contributed by atoms with van der Waals surface area (Å²) in [5.74, 6) is 1.23. The first-order valence-electron chi connectivity index (χ1n) is 17.6. The highest BCUT2D eigenvalue weighted by atomic mass is 16.4. The molecule has 0 bridgehead atoms. The Balaban J connectivity index is 0.944. The topological polar surface area (TPSA) is 90.7 Å². The molecule has 7 heteroatoms. The van der Waals surface area contributed by atoms with Gasteiger partial charge >= 0.3 is 0 Å². The van der Waals surface area contributed by atoms with Gasteiger partial charge in [-0.2, -0.15) is 0 Å². The average Bonchev–Trinajstić information content (AvgIpc) is 3.90. The zero-order chi connectivity index (χ0) is 35.8. The third kappa shape index (κ3) is 5.89. The van der Waals surface area contributed by atoms with E-state index in [1.807, 2.05) is 60.7 Å². The number of para-hydroxylation sites is 4. The summed E-state index contributed by atoms with van der Waals surface area (Å²) in [5, 5.41) is 0. The minimum absolute atomic E-state index is 0.614. The summed E-state index contributed by atoms with van der Waals surface area (Å²) in [5.41, 5.74) is 15.1. The van der Waals surface area contributed by atoms with E-state index in [9.17, 15) is 0 Å². The number of hydrogen-bond acceptors (Lipinski definition) is 7. The highest BCUT2D eigenvalue weighted by Crippen LogP contribution is 2.36. The summed E-state index contributed by atoms with van der Waals surface area (Å²) in [4.78, 5) is 23.0. The second-order valence-electron chi connectivity index (χ2n) is 13.0. The quantitative estimate of drug-likeness (QED) is 0.164. The Morgan fingerprint density at radius 3 is 1.30 bits per heavy atom. The Hall–Kier alpha value is -7.51. The van der Waals surface area contributed by atoms with Crippen LogP contribution in [0.1, 0.15) is 0 Å². The molecule has 4 heterocycles. The largest absolute Gasteiger partial charge is 0.436 e. The number of aromatic nitrogens is 5. The number of oxazole rings is 2. The smallest absolute Gasteiger partial charge is 0.227 e. The standard InChI is InChI=1S/C47H29N5O2/c1-3-7-43-41(5-1)51-46(53-43)36-21-13-32(14-22-36)30-9-17-34(18-10-30)38-25-26-40(39-27-28-48-29-49-39)50-45(38)35-19-11-31(12-20-35)33-15-23-37(24-16-33)47-52-42-6-2-4-8-44(42)54-47/h1-29H. The van der Waals surface area contributed by atoms with Gasteiger partial charge in [-0.25, -0.2) is 24.9 Å². The maximum Gasteiger partial charge on any atom is 0.227 e. The van der Waals surface area contributed by atoms with E-state index in [1.54, 1.807) is 12.5 Å². The average molecular weight is 696 g/mol. The zero-order valence-corrected chi connectivity index (χ0v) is 28.8. The molecule has 0 saturated carbocycles. The number of pyridine rings is 1. The highest BCUT2D eigenvalue weighted by Gasteiger charge is 2.15. The number of rotatable bonds is 7. The van der Waals surface area contributed by atoms with Crippen molar-refractivity contribution in [1.29, 1.82) is 0 Å². The Morgan fingerprint density at radius 2 is 0.815 bits per heavy atom. The lowest BCUT2D eigenvalue weighted by molar-refractivity contribution is 0.619. The molecule has 0 unspecified atom stereocenters. The van der Waals surface area contributed by atoms with E-state index in [1.165, 1.54) is 0 Å². The molecular formula is C47H29N5O2. The lowest BCUT2D eigenvalue weighted by Gasteiger charge is -2.13. The molecule has 54 heavy (non-hydrogen) atoms. The van der Waals surface area contributed by atoms with Gasteiger partial charge in [0.25, 0.3) is 0 Å². The molecule has 0 aliphatic carbocycles. The van der Waals surface area contributed by atoms with Crippen LogP contribution in [0.5, 0.6) is 0 Å². The van der Waals surface area contributed by atoms with Gasteiger partial charge in [-0.15, -0.1) is 0 Å². The van der Waals surface area contributed by atoms with Gasteiger partial charge in [-0.05, 0) is 94.5 Å². The maximum absolute atomic E-state index is 5.98. The molecular weight excluding hydrogens is 667 g/mol. The van der Waals surface area contributed by atoms with E-state index >= 15 is 0 Å². The molecule has 10 rings (SSSR count). The first-order valence-corrected chi connectivity index (χ1v) is 17.6. The normalized spacial score (nSPS) is 11.3. The van der Waals surface area contributed by atoms with Crippen LogP contribution in [-0.4, -0.2) is 24.9 Å². The van der Waals surface area contributed by atoms with Crippen molar-refractivity contribution in [2.75, 3.05) is 0 Å². The van der Waals surface area contributed by atoms with Gasteiger partial charge in [0.05, 0.1) is 17.1 Å². The molecule has 0 aliphatic rings. The Morgan fingerprint density at radius 1 is 0.352 bits per heavy atom. The van der Waals surface area contributed by atoms with E-state index in [-0.39, 0.29) is 0 Å². The van der Waals surface area contributed by atoms with Crippen molar-refractivity contribution in [3.63, 3.8) is 0 Å². The van der Waals surface area contributed by atoms with Gasteiger partial charge in [0, 0.05) is 28.5 Å². The van der Waals surface area contributed by atoms with Gasteiger partial charge in [-0.1, -0.05) is 97.1 Å². The van der Waals surface area contributed by atoms with E-state index in [0.29, 0.717) is 11.8 Å².